The van der Waals surface area contributed by atoms with E-state index in [1.54, 1.807) is 6.07 Å². The fraction of sp³-hybridized carbons (Fsp3) is 0.667. The molecular formula is C15H22N2O3. The van der Waals surface area contributed by atoms with Crippen LogP contribution in [0.1, 0.15) is 31.1 Å². The van der Waals surface area contributed by atoms with Crippen molar-refractivity contribution in [2.24, 2.45) is 11.8 Å². The molecule has 20 heavy (non-hydrogen) atoms. The Morgan fingerprint density at radius 1 is 1.35 bits per heavy atom. The van der Waals surface area contributed by atoms with Crippen LogP contribution in [0.2, 0.25) is 0 Å². The maximum atomic E-state index is 10.3. The van der Waals surface area contributed by atoms with Gasteiger partial charge >= 0.3 is 0 Å². The summed E-state index contributed by atoms with van der Waals surface area (Å²) in [6.45, 7) is 2.79. The number of likely N-dealkylation sites (tertiary alicyclic amines) is 1. The van der Waals surface area contributed by atoms with Gasteiger partial charge in [-0.15, -0.1) is 0 Å². The van der Waals surface area contributed by atoms with E-state index in [0.717, 1.165) is 24.9 Å². The third kappa shape index (κ3) is 2.60. The Hall–Kier alpha value is -1.33. The number of fused-ring (bicyclic) bond motifs is 1. The smallest absolute Gasteiger partial charge is 0.256 e. The molecule has 1 aliphatic carbocycles. The summed E-state index contributed by atoms with van der Waals surface area (Å²) in [5.41, 5.74) is 0.553. The van der Waals surface area contributed by atoms with Gasteiger partial charge in [0.15, 0.2) is 5.75 Å². The van der Waals surface area contributed by atoms with Gasteiger partial charge in [0.2, 0.25) is 0 Å². The average molecular weight is 278 g/mol. The first-order chi connectivity index (χ1) is 9.67. The number of rotatable bonds is 4. The van der Waals surface area contributed by atoms with Gasteiger partial charge in [-0.2, -0.15) is 0 Å². The molecule has 0 radical (unpaired) electrons. The zero-order valence-corrected chi connectivity index (χ0v) is 11.8. The molecule has 2 aliphatic rings. The second kappa shape index (κ2) is 5.58. The molecule has 1 saturated carbocycles. The number of ether oxygens (including phenoxy) is 1. The highest BCUT2D eigenvalue weighted by Gasteiger charge is 2.36. The second-order valence-electron chi connectivity index (χ2n) is 5.95. The van der Waals surface area contributed by atoms with Crippen LogP contribution in [0.3, 0.4) is 0 Å². The Bertz CT molecular complexity index is 468. The number of aliphatic hydroxyl groups excluding tert-OH is 1. The van der Waals surface area contributed by atoms with E-state index in [4.69, 9.17) is 4.74 Å². The number of β-amino-alcohol motifs (C(OH)–C–C–N with tert-alkyl or cyclic N) is 1. The van der Waals surface area contributed by atoms with E-state index in [0.29, 0.717) is 12.2 Å². The molecule has 1 saturated heterocycles. The van der Waals surface area contributed by atoms with Crippen molar-refractivity contribution in [3.63, 3.8) is 0 Å². The van der Waals surface area contributed by atoms with Gasteiger partial charge in [0.05, 0.1) is 12.8 Å². The molecule has 3 atom stereocenters. The SMILES string of the molecule is COc1nc(C(O)CN2C[C@H]3CCC[C@H]3C2)ccc1O. The molecule has 1 unspecified atom stereocenters. The van der Waals surface area contributed by atoms with E-state index in [9.17, 15) is 10.2 Å². The molecule has 0 spiro atoms. The Morgan fingerprint density at radius 3 is 2.70 bits per heavy atom. The first kappa shape index (κ1) is 13.6. The minimum Gasteiger partial charge on any atom is -0.503 e. The number of aromatic nitrogens is 1. The van der Waals surface area contributed by atoms with Gasteiger partial charge in [0.25, 0.3) is 5.88 Å². The molecule has 2 heterocycles. The summed E-state index contributed by atoms with van der Waals surface area (Å²) in [6.07, 6.45) is 3.40. The standard InChI is InChI=1S/C15H22N2O3/c1-20-15-13(18)6-5-12(16-15)14(19)9-17-7-10-3-2-4-11(10)8-17/h5-6,10-11,14,18-19H,2-4,7-9H2,1H3/t10-,11+,14?. The van der Waals surface area contributed by atoms with E-state index in [-0.39, 0.29) is 11.6 Å². The number of aromatic hydroxyl groups is 1. The number of hydrogen-bond acceptors (Lipinski definition) is 5. The lowest BCUT2D eigenvalue weighted by atomic mass is 10.0. The Morgan fingerprint density at radius 2 is 2.05 bits per heavy atom. The van der Waals surface area contributed by atoms with Crippen molar-refractivity contribution in [1.82, 2.24) is 9.88 Å². The summed E-state index contributed by atoms with van der Waals surface area (Å²) in [7, 11) is 1.46. The number of methoxy groups -OCH3 is 1. The molecule has 2 N–H and O–H groups in total. The monoisotopic (exact) mass is 278 g/mol. The molecule has 110 valence electrons. The molecule has 3 rings (SSSR count). The third-order valence-corrected chi connectivity index (χ3v) is 4.63. The van der Waals surface area contributed by atoms with Gasteiger partial charge in [-0.1, -0.05) is 6.42 Å². The van der Waals surface area contributed by atoms with Crippen LogP contribution in [0.15, 0.2) is 12.1 Å². The van der Waals surface area contributed by atoms with Crippen LogP contribution in [-0.4, -0.2) is 46.8 Å². The van der Waals surface area contributed by atoms with Crippen molar-refractivity contribution >= 4 is 0 Å². The van der Waals surface area contributed by atoms with Gasteiger partial charge < -0.3 is 14.9 Å². The van der Waals surface area contributed by atoms with Crippen molar-refractivity contribution < 1.29 is 14.9 Å². The average Bonchev–Trinajstić information content (AvgIpc) is 3.00. The van der Waals surface area contributed by atoms with Crippen LogP contribution in [0, 0.1) is 11.8 Å². The molecule has 1 aliphatic heterocycles. The molecule has 0 amide bonds. The zero-order chi connectivity index (χ0) is 14.1. The van der Waals surface area contributed by atoms with Crippen LogP contribution in [-0.2, 0) is 0 Å². The maximum Gasteiger partial charge on any atom is 0.256 e. The first-order valence-corrected chi connectivity index (χ1v) is 7.31. The van der Waals surface area contributed by atoms with Gasteiger partial charge in [-0.05, 0) is 36.8 Å². The molecule has 1 aromatic heterocycles. The first-order valence-electron chi connectivity index (χ1n) is 7.31. The third-order valence-electron chi connectivity index (χ3n) is 4.63. The quantitative estimate of drug-likeness (QED) is 0.875. The van der Waals surface area contributed by atoms with E-state index in [1.165, 1.54) is 32.4 Å². The second-order valence-corrected chi connectivity index (χ2v) is 5.95. The van der Waals surface area contributed by atoms with Gasteiger partial charge in [0.1, 0.15) is 6.10 Å². The van der Waals surface area contributed by atoms with E-state index in [2.05, 4.69) is 9.88 Å². The molecule has 5 heteroatoms. The number of nitrogens with zero attached hydrogens (tertiary/aromatic N) is 2. The molecule has 0 bridgehead atoms. The highest BCUT2D eigenvalue weighted by atomic mass is 16.5. The van der Waals surface area contributed by atoms with Crippen molar-refractivity contribution in [3.05, 3.63) is 17.8 Å². The minimum atomic E-state index is -0.636. The lowest BCUT2D eigenvalue weighted by Gasteiger charge is -2.20. The van der Waals surface area contributed by atoms with Crippen LogP contribution in [0.4, 0.5) is 0 Å². The Labute approximate surface area is 119 Å². The fourth-order valence-corrected chi connectivity index (χ4v) is 3.60. The van der Waals surface area contributed by atoms with Crippen LogP contribution in [0.25, 0.3) is 0 Å². The number of hydrogen-bond donors (Lipinski definition) is 2. The summed E-state index contributed by atoms with van der Waals surface area (Å²) >= 11 is 0. The summed E-state index contributed by atoms with van der Waals surface area (Å²) in [5.74, 6) is 1.81. The van der Waals surface area contributed by atoms with Crippen LogP contribution < -0.4 is 4.74 Å². The van der Waals surface area contributed by atoms with Crippen molar-refractivity contribution in [1.29, 1.82) is 0 Å². The van der Waals surface area contributed by atoms with E-state index < -0.39 is 6.10 Å². The summed E-state index contributed by atoms with van der Waals surface area (Å²) in [6, 6.07) is 3.17. The topological polar surface area (TPSA) is 65.8 Å². The summed E-state index contributed by atoms with van der Waals surface area (Å²) in [5, 5.41) is 19.8. The predicted octanol–water partition coefficient (Wildman–Crippen LogP) is 1.56. The minimum absolute atomic E-state index is 0.000783. The summed E-state index contributed by atoms with van der Waals surface area (Å²) < 4.78 is 4.98. The maximum absolute atomic E-state index is 10.3. The predicted molar refractivity (Wildman–Crippen MR) is 74.7 cm³/mol. The number of pyridine rings is 1. The largest absolute Gasteiger partial charge is 0.503 e. The lowest BCUT2D eigenvalue weighted by molar-refractivity contribution is 0.117. The molecule has 1 aromatic rings. The highest BCUT2D eigenvalue weighted by molar-refractivity contribution is 5.33. The van der Waals surface area contributed by atoms with Gasteiger partial charge in [0, 0.05) is 19.6 Å². The van der Waals surface area contributed by atoms with Crippen LogP contribution in [0.5, 0.6) is 11.6 Å². The Balaban J connectivity index is 1.63. The highest BCUT2D eigenvalue weighted by Crippen LogP contribution is 2.38. The fourth-order valence-electron chi connectivity index (χ4n) is 3.60. The van der Waals surface area contributed by atoms with Crippen molar-refractivity contribution in [2.75, 3.05) is 26.7 Å². The Kier molecular flexibility index (Phi) is 3.81. The molecular weight excluding hydrogens is 256 g/mol. The molecule has 0 aromatic carbocycles. The van der Waals surface area contributed by atoms with E-state index >= 15 is 0 Å². The van der Waals surface area contributed by atoms with Crippen molar-refractivity contribution in [2.45, 2.75) is 25.4 Å². The number of aliphatic hydroxyl groups is 1. The molecule has 2 fully saturated rings. The van der Waals surface area contributed by atoms with E-state index in [1.807, 2.05) is 0 Å². The van der Waals surface area contributed by atoms with Gasteiger partial charge in [-0.25, -0.2) is 4.98 Å². The lowest BCUT2D eigenvalue weighted by Crippen LogP contribution is -2.27. The van der Waals surface area contributed by atoms with Gasteiger partial charge in [-0.3, -0.25) is 4.90 Å². The summed E-state index contributed by atoms with van der Waals surface area (Å²) in [4.78, 5) is 6.49. The zero-order valence-electron chi connectivity index (χ0n) is 11.8. The van der Waals surface area contributed by atoms with Crippen LogP contribution >= 0.6 is 0 Å². The normalized spacial score (nSPS) is 27.5. The van der Waals surface area contributed by atoms with Crippen molar-refractivity contribution in [3.8, 4) is 11.6 Å². The molecule has 5 nitrogen and oxygen atoms in total.